The first-order chi connectivity index (χ1) is 7.80. The summed E-state index contributed by atoms with van der Waals surface area (Å²) in [6, 6.07) is 7.95. The molecular weight excluding hydrogens is 224 g/mol. The van der Waals surface area contributed by atoms with Gasteiger partial charge < -0.3 is 14.9 Å². The summed E-state index contributed by atoms with van der Waals surface area (Å²) in [4.78, 5) is 0. The number of benzene rings is 1. The summed E-state index contributed by atoms with van der Waals surface area (Å²) in [6.07, 6.45) is 0. The van der Waals surface area contributed by atoms with Crippen LogP contribution in [0.25, 0.3) is 0 Å². The largest absolute Gasteiger partial charge is 0.497 e. The average molecular weight is 243 g/mol. The summed E-state index contributed by atoms with van der Waals surface area (Å²) in [5.41, 5.74) is 1.23. The van der Waals surface area contributed by atoms with Crippen LogP contribution in [0.1, 0.15) is 5.56 Å². The Labute approximate surface area is 99.4 Å². The monoisotopic (exact) mass is 243 g/mol. The third kappa shape index (κ3) is 4.43. The zero-order chi connectivity index (χ0) is 11.8. The third-order valence-corrected chi connectivity index (χ3v) is 4.55. The molecule has 0 aliphatic heterocycles. The summed E-state index contributed by atoms with van der Waals surface area (Å²) >= 11 is 0. The Morgan fingerprint density at radius 2 is 1.62 bits per heavy atom. The summed E-state index contributed by atoms with van der Waals surface area (Å²) in [5, 5.41) is 17.9. The molecule has 0 aliphatic carbocycles. The highest BCUT2D eigenvalue weighted by Gasteiger charge is 2.17. The second-order valence-electron chi connectivity index (χ2n) is 3.46. The molecule has 0 radical (unpaired) electrons. The maximum Gasteiger partial charge on any atom is 0.133 e. The van der Waals surface area contributed by atoms with Crippen LogP contribution >= 0.6 is 0 Å². The summed E-state index contributed by atoms with van der Waals surface area (Å²) < 4.78 is 5.09. The van der Waals surface area contributed by atoms with Gasteiger partial charge in [0.15, 0.2) is 0 Å². The zero-order valence-electron chi connectivity index (χ0n) is 9.56. The van der Waals surface area contributed by atoms with Crippen molar-refractivity contribution >= 4 is 10.9 Å². The number of hydrogen-bond donors (Lipinski definition) is 2. The molecule has 4 heteroatoms. The second kappa shape index (κ2) is 7.54. The molecular formula is C12H19O3S+. The molecule has 0 saturated carbocycles. The SMILES string of the molecule is COc1ccc(C[S+](CCO)CCO)cc1. The normalized spacial score (nSPS) is 10.8. The van der Waals surface area contributed by atoms with Gasteiger partial charge in [-0.3, -0.25) is 0 Å². The van der Waals surface area contributed by atoms with Crippen LogP contribution in [0.4, 0.5) is 0 Å². The van der Waals surface area contributed by atoms with Crippen molar-refractivity contribution in [3.8, 4) is 5.75 Å². The van der Waals surface area contributed by atoms with Gasteiger partial charge in [-0.25, -0.2) is 0 Å². The van der Waals surface area contributed by atoms with Gasteiger partial charge >= 0.3 is 0 Å². The smallest absolute Gasteiger partial charge is 0.133 e. The minimum atomic E-state index is 0.0751. The van der Waals surface area contributed by atoms with Crippen LogP contribution in [0, 0.1) is 0 Å². The van der Waals surface area contributed by atoms with Crippen molar-refractivity contribution in [1.29, 1.82) is 0 Å². The highest BCUT2D eigenvalue weighted by Crippen LogP contribution is 2.14. The molecule has 90 valence electrons. The average Bonchev–Trinajstić information content (AvgIpc) is 2.31. The van der Waals surface area contributed by atoms with Crippen molar-refractivity contribution in [3.05, 3.63) is 29.8 Å². The van der Waals surface area contributed by atoms with Crippen molar-refractivity contribution in [3.63, 3.8) is 0 Å². The fraction of sp³-hybridized carbons (Fsp3) is 0.500. The molecule has 0 aromatic heterocycles. The van der Waals surface area contributed by atoms with E-state index in [1.54, 1.807) is 7.11 Å². The second-order valence-corrected chi connectivity index (χ2v) is 5.79. The van der Waals surface area contributed by atoms with Crippen LogP contribution in [-0.2, 0) is 16.6 Å². The Hall–Kier alpha value is -0.710. The summed E-state index contributed by atoms with van der Waals surface area (Å²) in [6.45, 7) is 0.387. The zero-order valence-corrected chi connectivity index (χ0v) is 10.4. The fourth-order valence-electron chi connectivity index (χ4n) is 1.46. The fourth-order valence-corrected chi connectivity index (χ4v) is 3.14. The van der Waals surface area contributed by atoms with Gasteiger partial charge in [0.25, 0.3) is 0 Å². The van der Waals surface area contributed by atoms with E-state index >= 15 is 0 Å². The lowest BCUT2D eigenvalue weighted by Crippen LogP contribution is -2.19. The molecule has 0 fully saturated rings. The van der Waals surface area contributed by atoms with E-state index in [4.69, 9.17) is 14.9 Å². The van der Waals surface area contributed by atoms with Gasteiger partial charge in [-0.1, -0.05) is 12.1 Å². The maximum absolute atomic E-state index is 8.93. The molecule has 16 heavy (non-hydrogen) atoms. The predicted octanol–water partition coefficient (Wildman–Crippen LogP) is 0.798. The third-order valence-electron chi connectivity index (χ3n) is 2.29. The molecule has 0 spiro atoms. The van der Waals surface area contributed by atoms with E-state index in [1.165, 1.54) is 5.56 Å². The van der Waals surface area contributed by atoms with Crippen LogP contribution in [-0.4, -0.2) is 42.0 Å². The van der Waals surface area contributed by atoms with Crippen LogP contribution in [0.2, 0.25) is 0 Å². The van der Waals surface area contributed by atoms with Gasteiger partial charge in [0.05, 0.1) is 20.3 Å². The highest BCUT2D eigenvalue weighted by molar-refractivity contribution is 7.96. The molecule has 0 atom stereocenters. The van der Waals surface area contributed by atoms with Gasteiger partial charge in [0.1, 0.15) is 23.0 Å². The molecule has 0 amide bonds. The molecule has 2 N–H and O–H groups in total. The quantitative estimate of drug-likeness (QED) is 0.696. The van der Waals surface area contributed by atoms with Crippen molar-refractivity contribution in [2.45, 2.75) is 5.75 Å². The van der Waals surface area contributed by atoms with Gasteiger partial charge in [-0.2, -0.15) is 0 Å². The molecule has 1 aromatic carbocycles. The Kier molecular flexibility index (Phi) is 6.30. The lowest BCUT2D eigenvalue weighted by Gasteiger charge is -2.07. The van der Waals surface area contributed by atoms with E-state index in [2.05, 4.69) is 0 Å². The van der Waals surface area contributed by atoms with E-state index < -0.39 is 0 Å². The van der Waals surface area contributed by atoms with Crippen LogP contribution < -0.4 is 4.74 Å². The van der Waals surface area contributed by atoms with Crippen molar-refractivity contribution in [2.75, 3.05) is 31.8 Å². The van der Waals surface area contributed by atoms with E-state index in [9.17, 15) is 0 Å². The van der Waals surface area contributed by atoms with E-state index in [-0.39, 0.29) is 24.1 Å². The maximum atomic E-state index is 8.93. The minimum absolute atomic E-state index is 0.0751. The van der Waals surface area contributed by atoms with E-state index in [1.807, 2.05) is 24.3 Å². The van der Waals surface area contributed by atoms with Crippen molar-refractivity contribution in [1.82, 2.24) is 0 Å². The van der Waals surface area contributed by atoms with Crippen LogP contribution in [0.3, 0.4) is 0 Å². The number of aliphatic hydroxyl groups excluding tert-OH is 2. The van der Waals surface area contributed by atoms with Gasteiger partial charge in [-0.15, -0.1) is 0 Å². The summed E-state index contributed by atoms with van der Waals surface area (Å²) in [7, 11) is 1.73. The Morgan fingerprint density at radius 1 is 1.06 bits per heavy atom. The molecule has 0 heterocycles. The lowest BCUT2D eigenvalue weighted by molar-refractivity contribution is 0.316. The topological polar surface area (TPSA) is 49.7 Å². The molecule has 0 aliphatic rings. The minimum Gasteiger partial charge on any atom is -0.497 e. The summed E-state index contributed by atoms with van der Waals surface area (Å²) in [5.74, 6) is 3.32. The van der Waals surface area contributed by atoms with Gasteiger partial charge in [0, 0.05) is 5.56 Å². The molecule has 0 bridgehead atoms. The van der Waals surface area contributed by atoms with E-state index in [0.717, 1.165) is 23.0 Å². The molecule has 0 unspecified atom stereocenters. The number of hydrogen-bond acceptors (Lipinski definition) is 3. The number of ether oxygens (including phenoxy) is 1. The first kappa shape index (κ1) is 13.4. The predicted molar refractivity (Wildman–Crippen MR) is 68.0 cm³/mol. The van der Waals surface area contributed by atoms with Crippen LogP contribution in [0.5, 0.6) is 5.75 Å². The Bertz CT molecular complexity index is 281. The molecule has 1 aromatic rings. The lowest BCUT2D eigenvalue weighted by atomic mass is 10.2. The Balaban J connectivity index is 2.54. The number of aliphatic hydroxyl groups is 2. The Morgan fingerprint density at radius 3 is 2.06 bits per heavy atom. The first-order valence-electron chi connectivity index (χ1n) is 5.29. The standard InChI is InChI=1S/C12H19O3S/c1-15-12-4-2-11(3-5-12)10-16(8-6-13)9-7-14/h2-5,13-14H,6-10H2,1H3/q+1. The number of rotatable bonds is 7. The number of methoxy groups -OCH3 is 1. The molecule has 3 nitrogen and oxygen atoms in total. The van der Waals surface area contributed by atoms with Gasteiger partial charge in [0.2, 0.25) is 0 Å². The molecule has 1 rings (SSSR count). The van der Waals surface area contributed by atoms with E-state index in [0.29, 0.717) is 0 Å². The molecule has 0 saturated heterocycles. The van der Waals surface area contributed by atoms with Crippen molar-refractivity contribution < 1.29 is 14.9 Å². The first-order valence-corrected chi connectivity index (χ1v) is 7.02. The van der Waals surface area contributed by atoms with Gasteiger partial charge in [-0.05, 0) is 23.0 Å². The van der Waals surface area contributed by atoms with Crippen molar-refractivity contribution in [2.24, 2.45) is 0 Å². The van der Waals surface area contributed by atoms with Crippen LogP contribution in [0.15, 0.2) is 24.3 Å². The highest BCUT2D eigenvalue weighted by atomic mass is 32.2.